The largest absolute Gasteiger partial charge is 0.490 e. The Kier molecular flexibility index (Phi) is 7.80. The van der Waals surface area contributed by atoms with E-state index in [-0.39, 0.29) is 70.0 Å². The van der Waals surface area contributed by atoms with Gasteiger partial charge in [-0.1, -0.05) is 33.3 Å². The molecule has 3 amide bonds. The third-order valence-corrected chi connectivity index (χ3v) is 13.6. The lowest BCUT2D eigenvalue weighted by Crippen LogP contribution is -2.42. The van der Waals surface area contributed by atoms with Gasteiger partial charge in [-0.3, -0.25) is 24.1 Å². The SMILES string of the molecule is CCOc1cc([C@@H]2c3sc(=O)[nH]c3S[C@@H]3[C@@H]4C[C@@H]([C@@H]5C(=O)N(c6ccc(Br)cc6)C(=O)[C@@H]45)[C@H]23)ccc1OCC(=O)N1CCCCC1. The number of imide groups is 1. The molecule has 1 N–H and O–H groups in total. The Morgan fingerprint density at radius 2 is 1.70 bits per heavy atom. The number of likely N-dealkylation sites (tertiary alicyclic amines) is 1. The molecule has 2 saturated heterocycles. The molecule has 12 heteroatoms. The second kappa shape index (κ2) is 11.9. The number of fused-ring (bicyclic) bond motifs is 9. The zero-order valence-electron chi connectivity index (χ0n) is 25.3. The van der Waals surface area contributed by atoms with E-state index < -0.39 is 0 Å². The fourth-order valence-electron chi connectivity index (χ4n) is 8.71. The van der Waals surface area contributed by atoms with Crippen molar-refractivity contribution in [2.75, 3.05) is 31.2 Å². The molecule has 4 heterocycles. The van der Waals surface area contributed by atoms with Gasteiger partial charge in [-0.15, -0.1) is 11.8 Å². The Morgan fingerprint density at radius 1 is 0.957 bits per heavy atom. The molecule has 0 radical (unpaired) electrons. The molecule has 2 aliphatic carbocycles. The van der Waals surface area contributed by atoms with Crippen LogP contribution in [0, 0.1) is 29.6 Å². The molecule has 0 unspecified atom stereocenters. The number of aromatic nitrogens is 1. The van der Waals surface area contributed by atoms with Crippen LogP contribution in [0.1, 0.15) is 49.0 Å². The second-order valence-corrected chi connectivity index (χ2v) is 15.9. The first-order valence-corrected chi connectivity index (χ1v) is 18.5. The number of anilines is 1. The van der Waals surface area contributed by atoms with E-state index in [9.17, 15) is 19.2 Å². The molecule has 3 aliphatic heterocycles. The van der Waals surface area contributed by atoms with E-state index in [0.717, 1.165) is 58.7 Å². The number of carbonyl (C=O) groups is 3. The van der Waals surface area contributed by atoms with Gasteiger partial charge in [0.15, 0.2) is 18.1 Å². The van der Waals surface area contributed by atoms with Gasteiger partial charge in [0.2, 0.25) is 11.8 Å². The van der Waals surface area contributed by atoms with Crippen molar-refractivity contribution >= 4 is 62.4 Å². The first-order chi connectivity index (χ1) is 22.3. The van der Waals surface area contributed by atoms with Crippen LogP contribution in [0.4, 0.5) is 5.69 Å². The van der Waals surface area contributed by atoms with Gasteiger partial charge in [-0.2, -0.15) is 0 Å². The topological polar surface area (TPSA) is 109 Å². The van der Waals surface area contributed by atoms with E-state index in [0.29, 0.717) is 23.8 Å². The molecule has 8 rings (SSSR count). The molecule has 46 heavy (non-hydrogen) atoms. The van der Waals surface area contributed by atoms with Gasteiger partial charge < -0.3 is 19.4 Å². The normalized spacial score (nSPS) is 29.5. The van der Waals surface area contributed by atoms with Crippen molar-refractivity contribution in [3.05, 3.63) is 67.0 Å². The number of benzene rings is 2. The van der Waals surface area contributed by atoms with E-state index in [1.54, 1.807) is 11.8 Å². The lowest BCUT2D eigenvalue weighted by molar-refractivity contribution is -0.134. The quantitative estimate of drug-likeness (QED) is 0.313. The highest BCUT2D eigenvalue weighted by Crippen LogP contribution is 2.68. The summed E-state index contributed by atoms with van der Waals surface area (Å²) in [5.41, 5.74) is 1.59. The van der Waals surface area contributed by atoms with Crippen molar-refractivity contribution in [3.63, 3.8) is 0 Å². The van der Waals surface area contributed by atoms with Gasteiger partial charge in [0.1, 0.15) is 0 Å². The van der Waals surface area contributed by atoms with Crippen LogP contribution in [0.25, 0.3) is 0 Å². The maximum Gasteiger partial charge on any atom is 0.305 e. The van der Waals surface area contributed by atoms with Crippen LogP contribution in [0.3, 0.4) is 0 Å². The van der Waals surface area contributed by atoms with Gasteiger partial charge >= 0.3 is 4.87 Å². The predicted molar refractivity (Wildman–Crippen MR) is 179 cm³/mol. The monoisotopic (exact) mass is 723 g/mol. The third kappa shape index (κ3) is 4.85. The van der Waals surface area contributed by atoms with Crippen molar-refractivity contribution in [1.29, 1.82) is 0 Å². The van der Waals surface area contributed by atoms with Crippen LogP contribution in [-0.4, -0.2) is 59.2 Å². The summed E-state index contributed by atoms with van der Waals surface area (Å²) >= 11 is 6.35. The van der Waals surface area contributed by atoms with E-state index in [1.165, 1.54) is 16.2 Å². The number of amides is 3. The lowest BCUT2D eigenvalue weighted by Gasteiger charge is -2.43. The summed E-state index contributed by atoms with van der Waals surface area (Å²) in [5, 5.41) is 0.946. The third-order valence-electron chi connectivity index (χ3n) is 10.5. The molecule has 9 nitrogen and oxygen atoms in total. The minimum absolute atomic E-state index is 0.00776. The van der Waals surface area contributed by atoms with Crippen LogP contribution >= 0.6 is 39.0 Å². The molecule has 7 atom stereocenters. The number of rotatable bonds is 7. The van der Waals surface area contributed by atoms with Gasteiger partial charge in [0, 0.05) is 33.6 Å². The molecular formula is C34H34BrN3O6S2. The molecular weight excluding hydrogens is 690 g/mol. The fraction of sp³-hybridized carbons (Fsp3) is 0.471. The summed E-state index contributed by atoms with van der Waals surface area (Å²) in [6.07, 6.45) is 4.00. The smallest absolute Gasteiger partial charge is 0.305 e. The molecule has 2 bridgehead atoms. The number of halogens is 1. The number of aromatic amines is 1. The first-order valence-electron chi connectivity index (χ1n) is 16.0. The van der Waals surface area contributed by atoms with Crippen LogP contribution in [0.15, 0.2) is 56.8 Å². The highest BCUT2D eigenvalue weighted by atomic mass is 79.9. The second-order valence-electron chi connectivity index (χ2n) is 12.8. The summed E-state index contributed by atoms with van der Waals surface area (Å²) in [6.45, 7) is 3.82. The number of thiazole rings is 1. The number of thioether (sulfide) groups is 1. The Morgan fingerprint density at radius 3 is 2.43 bits per heavy atom. The number of piperidine rings is 1. The number of ether oxygens (including phenoxy) is 2. The highest BCUT2D eigenvalue weighted by Gasteiger charge is 2.69. The zero-order chi connectivity index (χ0) is 31.7. The Bertz CT molecular complexity index is 1770. The summed E-state index contributed by atoms with van der Waals surface area (Å²) in [6, 6.07) is 13.2. The van der Waals surface area contributed by atoms with Gasteiger partial charge in [-0.05, 0) is 92.3 Å². The molecule has 5 aliphatic rings. The molecule has 2 saturated carbocycles. The molecule has 0 spiro atoms. The van der Waals surface area contributed by atoms with E-state index in [2.05, 4.69) is 20.9 Å². The summed E-state index contributed by atoms with van der Waals surface area (Å²) in [5.74, 6) is 0.0604. The summed E-state index contributed by atoms with van der Waals surface area (Å²) < 4.78 is 13.0. The maximum absolute atomic E-state index is 14.0. The van der Waals surface area contributed by atoms with Crippen molar-refractivity contribution in [2.24, 2.45) is 29.6 Å². The average Bonchev–Trinajstić information content (AvgIpc) is 3.80. The van der Waals surface area contributed by atoms with Gasteiger partial charge in [-0.25, -0.2) is 0 Å². The number of hydrogen-bond donors (Lipinski definition) is 1. The van der Waals surface area contributed by atoms with Crippen LogP contribution in [0.5, 0.6) is 11.5 Å². The predicted octanol–water partition coefficient (Wildman–Crippen LogP) is 5.67. The molecule has 3 aromatic rings. The summed E-state index contributed by atoms with van der Waals surface area (Å²) in [4.78, 5) is 60.6. The number of nitrogens with one attached hydrogen (secondary N) is 1. The zero-order valence-corrected chi connectivity index (χ0v) is 28.5. The van der Waals surface area contributed by atoms with Crippen LogP contribution in [-0.2, 0) is 14.4 Å². The van der Waals surface area contributed by atoms with Gasteiger partial charge in [0.05, 0.1) is 29.2 Å². The minimum atomic E-state index is -0.377. The van der Waals surface area contributed by atoms with Crippen molar-refractivity contribution in [2.45, 2.75) is 48.8 Å². The highest BCUT2D eigenvalue weighted by molar-refractivity contribution is 9.10. The van der Waals surface area contributed by atoms with E-state index in [1.807, 2.05) is 54.3 Å². The Labute approximate surface area is 283 Å². The fourth-order valence-corrected chi connectivity index (χ4v) is 11.9. The van der Waals surface area contributed by atoms with Gasteiger partial charge in [0.25, 0.3) is 5.91 Å². The Hall–Kier alpha value is -3.09. The number of hydrogen-bond acceptors (Lipinski definition) is 8. The standard InChI is InChI=1S/C34H34BrN3O6S2/c1-2-43-23-14-17(6-11-22(23)44-16-24(39)37-12-4-3-5-13-37)25-26-20-15-21(29(26)45-31-30(25)46-34(42)36-31)28-27(20)32(40)38(33(28)41)19-9-7-18(35)8-10-19/h6-11,14,20-21,25-29H,2-5,12-13,15-16H2,1H3,(H,36,42)/t20-,21-,25+,26-,27+,28+,29-/m1/s1. The first kappa shape index (κ1) is 30.3. The Balaban J connectivity index is 1.12. The number of nitrogens with zero attached hydrogens (tertiary/aromatic N) is 2. The van der Waals surface area contributed by atoms with Crippen LogP contribution < -0.4 is 19.2 Å². The van der Waals surface area contributed by atoms with Crippen molar-refractivity contribution < 1.29 is 23.9 Å². The number of carbonyl (C=O) groups excluding carboxylic acids is 3. The minimum Gasteiger partial charge on any atom is -0.490 e. The average molecular weight is 725 g/mol. The molecule has 4 fully saturated rings. The summed E-state index contributed by atoms with van der Waals surface area (Å²) in [7, 11) is 0. The molecule has 2 aromatic carbocycles. The van der Waals surface area contributed by atoms with Crippen molar-refractivity contribution in [1.82, 2.24) is 9.88 Å². The van der Waals surface area contributed by atoms with Crippen molar-refractivity contribution in [3.8, 4) is 11.5 Å². The molecule has 240 valence electrons. The molecule has 1 aromatic heterocycles. The number of H-pyrrole nitrogens is 1. The van der Waals surface area contributed by atoms with Crippen LogP contribution in [0.2, 0.25) is 0 Å². The van der Waals surface area contributed by atoms with E-state index >= 15 is 0 Å². The maximum atomic E-state index is 14.0. The van der Waals surface area contributed by atoms with E-state index in [4.69, 9.17) is 9.47 Å². The lowest BCUT2D eigenvalue weighted by atomic mass is 9.68.